The second-order valence-corrected chi connectivity index (χ2v) is 5.16. The van der Waals surface area contributed by atoms with Gasteiger partial charge in [-0.1, -0.05) is 12.8 Å². The van der Waals surface area contributed by atoms with Crippen molar-refractivity contribution in [3.63, 3.8) is 0 Å². The second kappa shape index (κ2) is 6.18. The maximum absolute atomic E-state index is 12.5. The van der Waals surface area contributed by atoms with Crippen molar-refractivity contribution >= 4 is 11.9 Å². The van der Waals surface area contributed by atoms with Crippen LogP contribution in [0.2, 0.25) is 0 Å². The van der Waals surface area contributed by atoms with Crippen LogP contribution in [0.25, 0.3) is 0 Å². The minimum Gasteiger partial charge on any atom is -0.480 e. The van der Waals surface area contributed by atoms with Gasteiger partial charge in [-0.15, -0.1) is 0 Å². The molecule has 1 saturated carbocycles. The minimum atomic E-state index is -0.967. The fraction of sp³-hybridized carbons (Fsp3) is 0.846. The largest absolute Gasteiger partial charge is 0.480 e. The number of carbonyl (C=O) groups is 2. The molecule has 1 fully saturated rings. The van der Waals surface area contributed by atoms with Crippen LogP contribution in [0.5, 0.6) is 0 Å². The Morgan fingerprint density at radius 2 is 1.94 bits per heavy atom. The number of hydrogen-bond acceptors (Lipinski definition) is 3. The number of aliphatic carboxylic acids is 1. The third kappa shape index (κ3) is 3.02. The summed E-state index contributed by atoms with van der Waals surface area (Å²) >= 11 is 0. The molecule has 0 radical (unpaired) electrons. The summed E-state index contributed by atoms with van der Waals surface area (Å²) in [5.74, 6) is -1.02. The molecule has 1 aliphatic carbocycles. The lowest BCUT2D eigenvalue weighted by Gasteiger charge is -2.34. The first kappa shape index (κ1) is 15.0. The number of ether oxygens (including phenoxy) is 1. The summed E-state index contributed by atoms with van der Waals surface area (Å²) < 4.78 is 5.08. The molecular weight excluding hydrogens is 234 g/mol. The molecule has 1 unspecified atom stereocenters. The van der Waals surface area contributed by atoms with Crippen molar-refractivity contribution in [2.45, 2.75) is 45.1 Å². The Kier molecular flexibility index (Phi) is 5.14. The third-order valence-electron chi connectivity index (χ3n) is 4.06. The highest BCUT2D eigenvalue weighted by Crippen LogP contribution is 2.42. The highest BCUT2D eigenvalue weighted by molar-refractivity contribution is 5.87. The number of hydrogen-bond donors (Lipinski definition) is 1. The van der Waals surface area contributed by atoms with E-state index in [9.17, 15) is 9.59 Å². The summed E-state index contributed by atoms with van der Waals surface area (Å²) in [5, 5.41) is 8.99. The van der Waals surface area contributed by atoms with Crippen molar-refractivity contribution in [2.75, 3.05) is 20.8 Å². The normalized spacial score (nSPS) is 19.5. The van der Waals surface area contributed by atoms with Crippen molar-refractivity contribution in [3.05, 3.63) is 0 Å². The van der Waals surface area contributed by atoms with Crippen LogP contribution in [0.15, 0.2) is 0 Å². The molecule has 1 rings (SSSR count). The van der Waals surface area contributed by atoms with E-state index in [1.165, 1.54) is 4.90 Å². The third-order valence-corrected chi connectivity index (χ3v) is 4.06. The van der Waals surface area contributed by atoms with Gasteiger partial charge in [0.1, 0.15) is 6.04 Å². The molecule has 5 heteroatoms. The summed E-state index contributed by atoms with van der Waals surface area (Å²) in [6, 6.07) is -0.780. The van der Waals surface area contributed by atoms with Gasteiger partial charge in [0.15, 0.2) is 0 Å². The van der Waals surface area contributed by atoms with Gasteiger partial charge in [0.05, 0.1) is 5.41 Å². The maximum atomic E-state index is 12.5. The molecule has 0 bridgehead atoms. The summed E-state index contributed by atoms with van der Waals surface area (Å²) in [7, 11) is 3.20. The van der Waals surface area contributed by atoms with Gasteiger partial charge in [0.25, 0.3) is 0 Å². The van der Waals surface area contributed by atoms with Crippen molar-refractivity contribution in [1.29, 1.82) is 0 Å². The second-order valence-electron chi connectivity index (χ2n) is 5.16. The average Bonchev–Trinajstić information content (AvgIpc) is 2.83. The summed E-state index contributed by atoms with van der Waals surface area (Å²) in [6.07, 6.45) is 4.42. The molecule has 1 N–H and O–H groups in total. The van der Waals surface area contributed by atoms with Crippen LogP contribution in [0.1, 0.15) is 39.0 Å². The number of carboxylic acid groups (broad SMARTS) is 1. The Bertz CT molecular complexity index is 310. The van der Waals surface area contributed by atoms with E-state index < -0.39 is 17.4 Å². The van der Waals surface area contributed by atoms with Crippen molar-refractivity contribution in [3.8, 4) is 0 Å². The first-order valence-corrected chi connectivity index (χ1v) is 6.43. The molecule has 0 aromatic heterocycles. The van der Waals surface area contributed by atoms with Gasteiger partial charge in [-0.25, -0.2) is 4.79 Å². The lowest BCUT2D eigenvalue weighted by molar-refractivity contribution is -0.153. The van der Waals surface area contributed by atoms with Crippen molar-refractivity contribution in [1.82, 2.24) is 4.90 Å². The van der Waals surface area contributed by atoms with Crippen LogP contribution in [0.3, 0.4) is 0 Å². The molecule has 0 aliphatic heterocycles. The van der Waals surface area contributed by atoms with E-state index >= 15 is 0 Å². The molecule has 1 aliphatic rings. The molecule has 0 saturated heterocycles. The van der Waals surface area contributed by atoms with E-state index in [1.54, 1.807) is 21.1 Å². The number of carbonyl (C=O) groups excluding carboxylic acids is 1. The van der Waals surface area contributed by atoms with Gasteiger partial charge >= 0.3 is 5.97 Å². The highest BCUT2D eigenvalue weighted by atomic mass is 16.5. The Morgan fingerprint density at radius 1 is 1.39 bits per heavy atom. The van der Waals surface area contributed by atoms with E-state index in [-0.39, 0.29) is 5.91 Å². The van der Waals surface area contributed by atoms with E-state index in [0.717, 1.165) is 25.7 Å². The molecule has 0 aromatic carbocycles. The topological polar surface area (TPSA) is 66.8 Å². The van der Waals surface area contributed by atoms with Crippen LogP contribution >= 0.6 is 0 Å². The van der Waals surface area contributed by atoms with Crippen LogP contribution in [0.4, 0.5) is 0 Å². The Hall–Kier alpha value is -1.10. The molecule has 0 spiro atoms. The molecule has 1 atom stereocenters. The Morgan fingerprint density at radius 3 is 2.39 bits per heavy atom. The predicted molar refractivity (Wildman–Crippen MR) is 67.3 cm³/mol. The van der Waals surface area contributed by atoms with Gasteiger partial charge in [0, 0.05) is 20.8 Å². The van der Waals surface area contributed by atoms with Gasteiger partial charge in [-0.3, -0.25) is 4.79 Å². The first-order chi connectivity index (χ1) is 8.44. The number of carboxylic acids is 1. The zero-order chi connectivity index (χ0) is 13.8. The van der Waals surface area contributed by atoms with Gasteiger partial charge in [-0.2, -0.15) is 0 Å². The quantitative estimate of drug-likeness (QED) is 0.783. The SMILES string of the molecule is COCCC1(C(=O)N(C)C(C)C(=O)O)CCCC1. The molecule has 0 heterocycles. The predicted octanol–water partition coefficient (Wildman–Crippen LogP) is 1.51. The number of methoxy groups -OCH3 is 1. The van der Waals surface area contributed by atoms with Crippen LogP contribution < -0.4 is 0 Å². The van der Waals surface area contributed by atoms with Gasteiger partial charge in [0.2, 0.25) is 5.91 Å². The fourth-order valence-corrected chi connectivity index (χ4v) is 2.64. The standard InChI is InChI=1S/C13H23NO4/c1-10(11(15)16)14(2)12(17)13(8-9-18-3)6-4-5-7-13/h10H,4-9H2,1-3H3,(H,15,16). The first-order valence-electron chi connectivity index (χ1n) is 6.43. The molecule has 5 nitrogen and oxygen atoms in total. The van der Waals surface area contributed by atoms with Crippen molar-refractivity contribution < 1.29 is 19.4 Å². The maximum Gasteiger partial charge on any atom is 0.326 e. The highest BCUT2D eigenvalue weighted by Gasteiger charge is 2.43. The van der Waals surface area contributed by atoms with E-state index in [4.69, 9.17) is 9.84 Å². The number of rotatable bonds is 6. The van der Waals surface area contributed by atoms with Crippen molar-refractivity contribution in [2.24, 2.45) is 5.41 Å². The van der Waals surface area contributed by atoms with Crippen LogP contribution in [-0.4, -0.2) is 48.7 Å². The van der Waals surface area contributed by atoms with Gasteiger partial charge in [-0.05, 0) is 26.2 Å². The number of nitrogens with zero attached hydrogens (tertiary/aromatic N) is 1. The van der Waals surface area contributed by atoms with Crippen LogP contribution in [0, 0.1) is 5.41 Å². The lowest BCUT2D eigenvalue weighted by atomic mass is 9.81. The molecule has 1 amide bonds. The summed E-state index contributed by atoms with van der Waals surface area (Å²) in [6.45, 7) is 2.08. The smallest absolute Gasteiger partial charge is 0.326 e. The summed E-state index contributed by atoms with van der Waals surface area (Å²) in [4.78, 5) is 24.9. The number of amides is 1. The number of likely N-dealkylation sites (N-methyl/N-ethyl adjacent to an activating group) is 1. The zero-order valence-electron chi connectivity index (χ0n) is 11.4. The molecule has 104 valence electrons. The average molecular weight is 257 g/mol. The summed E-state index contributed by atoms with van der Waals surface area (Å²) in [5.41, 5.74) is -0.408. The zero-order valence-corrected chi connectivity index (χ0v) is 11.4. The monoisotopic (exact) mass is 257 g/mol. The molecule has 0 aromatic rings. The molecule has 18 heavy (non-hydrogen) atoms. The van der Waals surface area contributed by atoms with Gasteiger partial charge < -0.3 is 14.7 Å². The van der Waals surface area contributed by atoms with Crippen LogP contribution in [-0.2, 0) is 14.3 Å². The lowest BCUT2D eigenvalue weighted by Crippen LogP contribution is -2.47. The Labute approximate surface area is 108 Å². The van der Waals surface area contributed by atoms with E-state index in [0.29, 0.717) is 13.0 Å². The fourth-order valence-electron chi connectivity index (χ4n) is 2.64. The minimum absolute atomic E-state index is 0.0491. The van der Waals surface area contributed by atoms with E-state index in [2.05, 4.69) is 0 Å². The Balaban J connectivity index is 2.79. The van der Waals surface area contributed by atoms with E-state index in [1.807, 2.05) is 0 Å². The molecular formula is C13H23NO4.